The van der Waals surface area contributed by atoms with Gasteiger partial charge in [0.05, 0.1) is 6.04 Å². The molecule has 0 fully saturated rings. The van der Waals surface area contributed by atoms with E-state index in [0.29, 0.717) is 5.52 Å². The van der Waals surface area contributed by atoms with Gasteiger partial charge < -0.3 is 10.4 Å². The molecule has 4 heteroatoms. The van der Waals surface area contributed by atoms with Gasteiger partial charge in [-0.15, -0.1) is 0 Å². The number of rotatable bonds is 4. The molecule has 0 radical (unpaired) electrons. The van der Waals surface area contributed by atoms with Gasteiger partial charge in [-0.2, -0.15) is 0 Å². The van der Waals surface area contributed by atoms with Crippen LogP contribution in [0.25, 0.3) is 10.9 Å². The first-order chi connectivity index (χ1) is 12.7. The zero-order chi connectivity index (χ0) is 17.9. The van der Waals surface area contributed by atoms with E-state index in [2.05, 4.69) is 34.3 Å². The number of benzene rings is 2. The SMILES string of the molecule is Cc1ccc(NC(c2cccnc2)c2ccc3cccnc3c2O)cc1. The van der Waals surface area contributed by atoms with Gasteiger partial charge in [-0.25, -0.2) is 0 Å². The first-order valence-electron chi connectivity index (χ1n) is 8.52. The number of aromatic nitrogens is 2. The first kappa shape index (κ1) is 16.1. The zero-order valence-electron chi connectivity index (χ0n) is 14.4. The quantitative estimate of drug-likeness (QED) is 0.557. The standard InChI is InChI=1S/C22H19N3O/c1-15-6-9-18(10-7-15)25-20(17-5-2-12-23-14-17)19-11-8-16-4-3-13-24-21(16)22(19)26/h2-14,20,25-26H,1H3. The van der Waals surface area contributed by atoms with Crippen LogP contribution in [-0.4, -0.2) is 15.1 Å². The monoisotopic (exact) mass is 341 g/mol. The van der Waals surface area contributed by atoms with Crippen molar-refractivity contribution < 1.29 is 5.11 Å². The first-order valence-corrected chi connectivity index (χ1v) is 8.52. The molecule has 0 amide bonds. The number of fused-ring (bicyclic) bond motifs is 1. The fraction of sp³-hybridized carbons (Fsp3) is 0.0909. The topological polar surface area (TPSA) is 58.0 Å². The minimum Gasteiger partial charge on any atom is -0.505 e. The van der Waals surface area contributed by atoms with Crippen LogP contribution in [0.4, 0.5) is 5.69 Å². The Bertz CT molecular complexity index is 1030. The molecule has 1 unspecified atom stereocenters. The Balaban J connectivity index is 1.83. The van der Waals surface area contributed by atoms with Gasteiger partial charge in [0.1, 0.15) is 11.3 Å². The molecule has 0 spiro atoms. The molecule has 1 atom stereocenters. The van der Waals surface area contributed by atoms with Crippen molar-refractivity contribution >= 4 is 16.6 Å². The Labute approximate surface area is 152 Å². The van der Waals surface area contributed by atoms with Crippen molar-refractivity contribution in [2.75, 3.05) is 5.32 Å². The Hall–Kier alpha value is -3.40. The van der Waals surface area contributed by atoms with Crippen LogP contribution in [0.3, 0.4) is 0 Å². The number of hydrogen-bond donors (Lipinski definition) is 2. The van der Waals surface area contributed by atoms with Crippen molar-refractivity contribution in [1.29, 1.82) is 0 Å². The van der Waals surface area contributed by atoms with Gasteiger partial charge >= 0.3 is 0 Å². The summed E-state index contributed by atoms with van der Waals surface area (Å²) in [4.78, 5) is 8.58. The van der Waals surface area contributed by atoms with E-state index in [9.17, 15) is 5.11 Å². The van der Waals surface area contributed by atoms with Gasteiger partial charge in [-0.3, -0.25) is 9.97 Å². The van der Waals surface area contributed by atoms with Gasteiger partial charge in [0.25, 0.3) is 0 Å². The lowest BCUT2D eigenvalue weighted by Crippen LogP contribution is -2.13. The molecule has 2 aromatic heterocycles. The highest BCUT2D eigenvalue weighted by molar-refractivity contribution is 5.86. The molecule has 0 aliphatic heterocycles. The molecular formula is C22H19N3O. The smallest absolute Gasteiger partial charge is 0.147 e. The van der Waals surface area contributed by atoms with E-state index in [1.54, 1.807) is 12.4 Å². The number of pyridine rings is 2. The summed E-state index contributed by atoms with van der Waals surface area (Å²) in [5.74, 6) is 0.191. The summed E-state index contributed by atoms with van der Waals surface area (Å²) in [5, 5.41) is 15.3. The third-order valence-corrected chi connectivity index (χ3v) is 4.47. The number of aryl methyl sites for hydroxylation is 1. The number of hydrogen-bond acceptors (Lipinski definition) is 4. The van der Waals surface area contributed by atoms with Gasteiger partial charge in [-0.1, -0.05) is 42.0 Å². The van der Waals surface area contributed by atoms with E-state index in [4.69, 9.17) is 0 Å². The van der Waals surface area contributed by atoms with Gasteiger partial charge in [0.15, 0.2) is 0 Å². The van der Waals surface area contributed by atoms with Crippen LogP contribution in [0.5, 0.6) is 5.75 Å². The third kappa shape index (κ3) is 3.09. The number of nitrogens with one attached hydrogen (secondary N) is 1. The minimum absolute atomic E-state index is 0.191. The number of phenols is 1. The second kappa shape index (κ2) is 6.84. The van der Waals surface area contributed by atoms with Crippen LogP contribution in [0.1, 0.15) is 22.7 Å². The van der Waals surface area contributed by atoms with Crippen LogP contribution < -0.4 is 5.32 Å². The highest BCUT2D eigenvalue weighted by Crippen LogP contribution is 2.36. The lowest BCUT2D eigenvalue weighted by atomic mass is 9.97. The van der Waals surface area contributed by atoms with Crippen molar-refractivity contribution in [3.05, 3.63) is 95.9 Å². The summed E-state index contributed by atoms with van der Waals surface area (Å²) < 4.78 is 0. The molecule has 0 saturated carbocycles. The van der Waals surface area contributed by atoms with Gasteiger partial charge in [0.2, 0.25) is 0 Å². The Morgan fingerprint density at radius 2 is 1.73 bits per heavy atom. The minimum atomic E-state index is -0.238. The maximum atomic E-state index is 10.9. The fourth-order valence-electron chi connectivity index (χ4n) is 3.08. The number of aromatic hydroxyl groups is 1. The molecule has 4 rings (SSSR count). The molecular weight excluding hydrogens is 322 g/mol. The predicted octanol–water partition coefficient (Wildman–Crippen LogP) is 4.85. The molecule has 0 aliphatic rings. The van der Waals surface area contributed by atoms with Gasteiger partial charge in [-0.05, 0) is 36.8 Å². The molecule has 2 aromatic carbocycles. The van der Waals surface area contributed by atoms with Crippen molar-refractivity contribution in [2.45, 2.75) is 13.0 Å². The molecule has 0 bridgehead atoms. The fourth-order valence-corrected chi connectivity index (χ4v) is 3.08. The van der Waals surface area contributed by atoms with Crippen LogP contribution in [0.2, 0.25) is 0 Å². The Morgan fingerprint density at radius 3 is 2.50 bits per heavy atom. The maximum Gasteiger partial charge on any atom is 0.147 e. The van der Waals surface area contributed by atoms with Crippen LogP contribution in [0.15, 0.2) is 79.3 Å². The molecule has 4 aromatic rings. The van der Waals surface area contributed by atoms with E-state index < -0.39 is 0 Å². The highest BCUT2D eigenvalue weighted by Gasteiger charge is 2.20. The lowest BCUT2D eigenvalue weighted by Gasteiger charge is -2.22. The Morgan fingerprint density at radius 1 is 0.923 bits per heavy atom. The molecule has 0 aliphatic carbocycles. The summed E-state index contributed by atoms with van der Waals surface area (Å²) in [7, 11) is 0. The highest BCUT2D eigenvalue weighted by atomic mass is 16.3. The molecule has 2 heterocycles. The van der Waals surface area contributed by atoms with E-state index in [-0.39, 0.29) is 11.8 Å². The van der Waals surface area contributed by atoms with E-state index in [1.807, 2.05) is 54.7 Å². The summed E-state index contributed by atoms with van der Waals surface area (Å²) in [5.41, 5.74) is 4.52. The molecule has 2 N–H and O–H groups in total. The van der Waals surface area contributed by atoms with E-state index in [0.717, 1.165) is 22.2 Å². The van der Waals surface area contributed by atoms with Crippen molar-refractivity contribution in [2.24, 2.45) is 0 Å². The molecule has 4 nitrogen and oxygen atoms in total. The van der Waals surface area contributed by atoms with E-state index in [1.165, 1.54) is 5.56 Å². The van der Waals surface area contributed by atoms with Crippen molar-refractivity contribution in [3.63, 3.8) is 0 Å². The third-order valence-electron chi connectivity index (χ3n) is 4.47. The second-order valence-electron chi connectivity index (χ2n) is 6.31. The average molecular weight is 341 g/mol. The lowest BCUT2D eigenvalue weighted by molar-refractivity contribution is 0.471. The molecule has 128 valence electrons. The van der Waals surface area contributed by atoms with Crippen LogP contribution in [-0.2, 0) is 0 Å². The van der Waals surface area contributed by atoms with Crippen LogP contribution >= 0.6 is 0 Å². The average Bonchev–Trinajstić information content (AvgIpc) is 2.69. The summed E-state index contributed by atoms with van der Waals surface area (Å²) in [6, 6.07) is 19.6. The van der Waals surface area contributed by atoms with Crippen molar-refractivity contribution in [3.8, 4) is 5.75 Å². The number of phenolic OH excluding ortho intramolecular Hbond substituents is 1. The number of anilines is 1. The molecule has 26 heavy (non-hydrogen) atoms. The number of nitrogens with zero attached hydrogens (tertiary/aromatic N) is 2. The normalized spacial score (nSPS) is 12.0. The summed E-state index contributed by atoms with van der Waals surface area (Å²) in [6.45, 7) is 2.06. The second-order valence-corrected chi connectivity index (χ2v) is 6.31. The summed E-state index contributed by atoms with van der Waals surface area (Å²) >= 11 is 0. The predicted molar refractivity (Wildman–Crippen MR) is 104 cm³/mol. The largest absolute Gasteiger partial charge is 0.505 e. The maximum absolute atomic E-state index is 10.9. The Kier molecular flexibility index (Phi) is 4.23. The van der Waals surface area contributed by atoms with Crippen LogP contribution in [0, 0.1) is 6.92 Å². The van der Waals surface area contributed by atoms with Crippen molar-refractivity contribution in [1.82, 2.24) is 9.97 Å². The van der Waals surface area contributed by atoms with E-state index >= 15 is 0 Å². The molecule has 0 saturated heterocycles. The van der Waals surface area contributed by atoms with Gasteiger partial charge in [0, 0.05) is 35.2 Å². The zero-order valence-corrected chi connectivity index (χ0v) is 14.4. The summed E-state index contributed by atoms with van der Waals surface area (Å²) in [6.07, 6.45) is 5.25.